The second kappa shape index (κ2) is 5.62. The van der Waals surface area contributed by atoms with Gasteiger partial charge in [-0.2, -0.15) is 0 Å². The van der Waals surface area contributed by atoms with Crippen LogP contribution in [-0.2, 0) is 4.79 Å². The third-order valence-corrected chi connectivity index (χ3v) is 4.45. The summed E-state index contributed by atoms with van der Waals surface area (Å²) >= 11 is 1.75. The molecule has 0 amide bonds. The number of benzene rings is 2. The molecule has 3 rings (SSSR count). The first-order chi connectivity index (χ1) is 10.1. The molecule has 0 fully saturated rings. The number of hydrogen-bond donors (Lipinski definition) is 1. The van der Waals surface area contributed by atoms with Crippen LogP contribution in [0.1, 0.15) is 18.1 Å². The van der Waals surface area contributed by atoms with Crippen molar-refractivity contribution in [2.24, 2.45) is 0 Å². The molecule has 0 aromatic heterocycles. The van der Waals surface area contributed by atoms with Crippen LogP contribution < -0.4 is 0 Å². The van der Waals surface area contributed by atoms with Gasteiger partial charge in [0.1, 0.15) is 0 Å². The molecule has 1 N–H and O–H groups in total. The summed E-state index contributed by atoms with van der Waals surface area (Å²) in [6, 6.07) is 16.4. The van der Waals surface area contributed by atoms with Crippen LogP contribution in [0.3, 0.4) is 0 Å². The van der Waals surface area contributed by atoms with Gasteiger partial charge < -0.3 is 5.11 Å². The molecular weight excluding hydrogens is 280 g/mol. The molecule has 104 valence electrons. The molecular formula is C18H14O2S. The highest BCUT2D eigenvalue weighted by Crippen LogP contribution is 2.45. The largest absolute Gasteiger partial charge is 0.478 e. The standard InChI is InChI=1S/C18H14O2S/c1-12(11-18(19)20)10-15-13-6-2-4-8-16(13)21-17-9-5-3-7-14(15)17/h2-11H,1H3,(H,19,20). The van der Waals surface area contributed by atoms with E-state index >= 15 is 0 Å². The van der Waals surface area contributed by atoms with E-state index in [1.165, 1.54) is 15.9 Å². The van der Waals surface area contributed by atoms with Crippen molar-refractivity contribution in [3.8, 4) is 0 Å². The van der Waals surface area contributed by atoms with Crippen LogP contribution in [0.25, 0.3) is 5.57 Å². The molecule has 2 nitrogen and oxygen atoms in total. The summed E-state index contributed by atoms with van der Waals surface area (Å²) in [6.45, 7) is 1.81. The molecule has 0 unspecified atom stereocenters. The fraction of sp³-hybridized carbons (Fsp3) is 0.0556. The molecule has 3 heteroatoms. The molecule has 2 aromatic carbocycles. The van der Waals surface area contributed by atoms with Crippen LogP contribution in [0, 0.1) is 0 Å². The smallest absolute Gasteiger partial charge is 0.328 e. The van der Waals surface area contributed by atoms with Crippen molar-refractivity contribution in [3.63, 3.8) is 0 Å². The molecule has 0 bridgehead atoms. The van der Waals surface area contributed by atoms with Crippen molar-refractivity contribution in [2.75, 3.05) is 0 Å². The number of fused-ring (bicyclic) bond motifs is 2. The topological polar surface area (TPSA) is 37.3 Å². The highest BCUT2D eigenvalue weighted by atomic mass is 32.2. The van der Waals surface area contributed by atoms with Crippen LogP contribution in [-0.4, -0.2) is 11.1 Å². The third-order valence-electron chi connectivity index (χ3n) is 3.30. The van der Waals surface area contributed by atoms with Gasteiger partial charge in [-0.05, 0) is 41.3 Å². The lowest BCUT2D eigenvalue weighted by Gasteiger charge is -2.22. The molecule has 0 radical (unpaired) electrons. The van der Waals surface area contributed by atoms with Crippen LogP contribution in [0.4, 0.5) is 0 Å². The predicted molar refractivity (Wildman–Crippen MR) is 85.5 cm³/mol. The van der Waals surface area contributed by atoms with E-state index in [-0.39, 0.29) is 0 Å². The van der Waals surface area contributed by atoms with Gasteiger partial charge in [0, 0.05) is 15.9 Å². The van der Waals surface area contributed by atoms with Gasteiger partial charge in [-0.15, -0.1) is 0 Å². The zero-order valence-electron chi connectivity index (χ0n) is 11.5. The second-order valence-electron chi connectivity index (χ2n) is 4.88. The van der Waals surface area contributed by atoms with Gasteiger partial charge in [0.2, 0.25) is 0 Å². The molecule has 1 heterocycles. The lowest BCUT2D eigenvalue weighted by Crippen LogP contribution is -1.99. The van der Waals surface area contributed by atoms with Crippen molar-refractivity contribution in [1.82, 2.24) is 0 Å². The average molecular weight is 294 g/mol. The Labute approximate surface area is 127 Å². The minimum Gasteiger partial charge on any atom is -0.478 e. The van der Waals surface area contributed by atoms with E-state index in [1.54, 1.807) is 11.8 Å². The molecule has 2 aromatic rings. The number of allylic oxidation sites excluding steroid dienone is 2. The van der Waals surface area contributed by atoms with Crippen molar-refractivity contribution in [2.45, 2.75) is 16.7 Å². The van der Waals surface area contributed by atoms with Crippen molar-refractivity contribution >= 4 is 23.3 Å². The Kier molecular flexibility index (Phi) is 3.67. The first-order valence-corrected chi connectivity index (χ1v) is 7.46. The Balaban J connectivity index is 2.20. The van der Waals surface area contributed by atoms with Crippen LogP contribution in [0.15, 0.2) is 76.0 Å². The highest BCUT2D eigenvalue weighted by Gasteiger charge is 2.19. The molecule has 0 aliphatic carbocycles. The van der Waals surface area contributed by atoms with Crippen molar-refractivity contribution in [3.05, 3.63) is 77.4 Å². The summed E-state index contributed by atoms with van der Waals surface area (Å²) in [5, 5.41) is 8.89. The quantitative estimate of drug-likeness (QED) is 0.701. The minimum absolute atomic E-state index is 0.731. The Morgan fingerprint density at radius 2 is 1.52 bits per heavy atom. The zero-order valence-corrected chi connectivity index (χ0v) is 12.4. The number of carbonyl (C=O) groups is 1. The predicted octanol–water partition coefficient (Wildman–Crippen LogP) is 4.61. The van der Waals surface area contributed by atoms with E-state index in [2.05, 4.69) is 24.3 Å². The van der Waals surface area contributed by atoms with Gasteiger partial charge in [0.05, 0.1) is 0 Å². The first-order valence-electron chi connectivity index (χ1n) is 6.65. The van der Waals surface area contributed by atoms with Crippen molar-refractivity contribution < 1.29 is 9.90 Å². The van der Waals surface area contributed by atoms with Gasteiger partial charge in [-0.3, -0.25) is 0 Å². The lowest BCUT2D eigenvalue weighted by atomic mass is 9.95. The van der Waals surface area contributed by atoms with Gasteiger partial charge in [0.25, 0.3) is 0 Å². The maximum Gasteiger partial charge on any atom is 0.328 e. The number of carboxylic acids is 1. The Morgan fingerprint density at radius 3 is 2.05 bits per heavy atom. The van der Waals surface area contributed by atoms with Crippen LogP contribution in [0.2, 0.25) is 0 Å². The van der Waals surface area contributed by atoms with Gasteiger partial charge in [-0.1, -0.05) is 54.2 Å². The van der Waals surface area contributed by atoms with Crippen molar-refractivity contribution in [1.29, 1.82) is 0 Å². The molecule has 0 atom stereocenters. The van der Waals surface area contributed by atoms with Crippen LogP contribution >= 0.6 is 11.8 Å². The Bertz CT molecular complexity index is 725. The van der Waals surface area contributed by atoms with Crippen LogP contribution in [0.5, 0.6) is 0 Å². The number of hydrogen-bond acceptors (Lipinski definition) is 2. The summed E-state index contributed by atoms with van der Waals surface area (Å²) in [5.41, 5.74) is 4.11. The summed E-state index contributed by atoms with van der Waals surface area (Å²) in [6.07, 6.45) is 3.19. The molecule has 0 saturated heterocycles. The second-order valence-corrected chi connectivity index (χ2v) is 5.96. The fourth-order valence-electron chi connectivity index (χ4n) is 2.44. The highest BCUT2D eigenvalue weighted by molar-refractivity contribution is 7.99. The maximum atomic E-state index is 10.8. The van der Waals surface area contributed by atoms with E-state index in [4.69, 9.17) is 5.11 Å². The maximum absolute atomic E-state index is 10.8. The molecule has 0 saturated carbocycles. The van der Waals surface area contributed by atoms with Gasteiger partial charge in [0.15, 0.2) is 0 Å². The molecule has 1 aliphatic rings. The SMILES string of the molecule is CC(=CC(=O)O)C=C1c2ccccc2Sc2ccccc21. The number of aliphatic carboxylic acids is 1. The van der Waals surface area contributed by atoms with E-state index < -0.39 is 5.97 Å². The van der Waals surface area contributed by atoms with E-state index in [0.717, 1.165) is 22.3 Å². The summed E-state index contributed by atoms with van der Waals surface area (Å²) in [5.74, 6) is -0.920. The average Bonchev–Trinajstić information content (AvgIpc) is 2.46. The third kappa shape index (κ3) is 2.78. The zero-order chi connectivity index (χ0) is 14.8. The van der Waals surface area contributed by atoms with E-state index in [0.29, 0.717) is 0 Å². The summed E-state index contributed by atoms with van der Waals surface area (Å²) in [7, 11) is 0. The molecule has 0 spiro atoms. The van der Waals surface area contributed by atoms with Gasteiger partial charge >= 0.3 is 5.97 Å². The molecule has 21 heavy (non-hydrogen) atoms. The first kappa shape index (κ1) is 13.7. The number of carboxylic acid groups (broad SMARTS) is 1. The minimum atomic E-state index is -0.920. The van der Waals surface area contributed by atoms with Gasteiger partial charge in [-0.25, -0.2) is 4.79 Å². The normalized spacial score (nSPS) is 13.4. The van der Waals surface area contributed by atoms with E-state index in [9.17, 15) is 4.79 Å². The Morgan fingerprint density at radius 1 is 1.00 bits per heavy atom. The van der Waals surface area contributed by atoms with E-state index in [1.807, 2.05) is 37.3 Å². The fourth-order valence-corrected chi connectivity index (χ4v) is 3.55. The Hall–Kier alpha value is -2.26. The monoisotopic (exact) mass is 294 g/mol. The summed E-state index contributed by atoms with van der Waals surface area (Å²) < 4.78 is 0. The molecule has 1 aliphatic heterocycles. The lowest BCUT2D eigenvalue weighted by molar-refractivity contribution is -0.131. The number of rotatable bonds is 2. The summed E-state index contributed by atoms with van der Waals surface area (Å²) in [4.78, 5) is 13.2.